The number of esters is 1. The molecule has 1 aromatic heterocycles. The van der Waals surface area contributed by atoms with Crippen molar-refractivity contribution in [2.75, 3.05) is 12.9 Å². The number of hydrogen-bond donors (Lipinski definition) is 0. The summed E-state index contributed by atoms with van der Waals surface area (Å²) < 4.78 is 29.7. The average Bonchev–Trinajstić information content (AvgIpc) is 2.56. The van der Waals surface area contributed by atoms with E-state index < -0.39 is 20.6 Å². The highest BCUT2D eigenvalue weighted by atomic mass is 79.9. The lowest BCUT2D eigenvalue weighted by atomic mass is 10.1. The topological polar surface area (TPSA) is 95.3 Å². The molecule has 0 unspecified atom stereocenters. The smallest absolute Gasteiger partial charge is 0.327 e. The van der Waals surface area contributed by atoms with Gasteiger partial charge >= 0.3 is 5.97 Å². The minimum atomic E-state index is -3.74. The summed E-state index contributed by atoms with van der Waals surface area (Å²) >= 11 is 3.40. The van der Waals surface area contributed by atoms with E-state index in [0.717, 1.165) is 16.3 Å². The second-order valence-corrected chi connectivity index (χ2v) is 9.58. The maximum atomic E-state index is 12.7. The largest absolute Gasteiger partial charge is 0.465 e. The first kappa shape index (κ1) is 20.6. The molecular formula is C17H21BrN2O5S. The number of carbonyl (C=O) groups excluding carboxylic acids is 1. The first-order valence-electron chi connectivity index (χ1n) is 8.04. The van der Waals surface area contributed by atoms with Gasteiger partial charge in [0.15, 0.2) is 14.6 Å². The van der Waals surface area contributed by atoms with Crippen molar-refractivity contribution in [1.29, 1.82) is 0 Å². The molecule has 0 saturated carbocycles. The van der Waals surface area contributed by atoms with Crippen LogP contribution in [0.15, 0.2) is 27.7 Å². The molecule has 0 saturated heterocycles. The van der Waals surface area contributed by atoms with Crippen LogP contribution in [0.1, 0.15) is 25.8 Å². The number of hydrogen-bond acceptors (Lipinski definition) is 6. The highest BCUT2D eigenvalue weighted by molar-refractivity contribution is 9.10. The summed E-state index contributed by atoms with van der Waals surface area (Å²) in [6, 6.07) is 3.43. The van der Waals surface area contributed by atoms with E-state index >= 15 is 0 Å². The predicted molar refractivity (Wildman–Crippen MR) is 103 cm³/mol. The maximum absolute atomic E-state index is 12.7. The van der Waals surface area contributed by atoms with Crippen LogP contribution in [-0.2, 0) is 25.9 Å². The van der Waals surface area contributed by atoms with Crippen molar-refractivity contribution in [3.8, 4) is 0 Å². The molecule has 2 rings (SSSR count). The Morgan fingerprint density at radius 2 is 2.04 bits per heavy atom. The third-order valence-electron chi connectivity index (χ3n) is 4.54. The summed E-state index contributed by atoms with van der Waals surface area (Å²) in [6.07, 6.45) is 2.28. The highest BCUT2D eigenvalue weighted by Crippen LogP contribution is 2.25. The number of nitrogens with zero attached hydrogens (tertiary/aromatic N) is 2. The molecule has 142 valence electrons. The van der Waals surface area contributed by atoms with Crippen molar-refractivity contribution < 1.29 is 17.9 Å². The van der Waals surface area contributed by atoms with Crippen LogP contribution in [0.2, 0.25) is 0 Å². The fraction of sp³-hybridized carbons (Fsp3) is 0.471. The molecule has 0 aliphatic rings. The second-order valence-electron chi connectivity index (χ2n) is 6.29. The average molecular weight is 445 g/mol. The summed E-state index contributed by atoms with van der Waals surface area (Å²) in [4.78, 5) is 29.2. The number of ether oxygens (including phenoxy) is 1. The number of aromatic nitrogens is 2. The lowest BCUT2D eigenvalue weighted by Crippen LogP contribution is -2.45. The molecule has 9 heteroatoms. The van der Waals surface area contributed by atoms with E-state index in [1.165, 1.54) is 17.8 Å². The van der Waals surface area contributed by atoms with Gasteiger partial charge in [0.25, 0.3) is 5.56 Å². The van der Waals surface area contributed by atoms with Gasteiger partial charge in [-0.3, -0.25) is 14.2 Å². The Balaban J connectivity index is 2.42. The quantitative estimate of drug-likeness (QED) is 0.633. The Morgan fingerprint density at radius 3 is 2.62 bits per heavy atom. The Kier molecular flexibility index (Phi) is 5.92. The number of benzene rings is 1. The molecule has 0 radical (unpaired) electrons. The van der Waals surface area contributed by atoms with Crippen molar-refractivity contribution in [3.05, 3.63) is 38.9 Å². The molecule has 0 aliphatic heterocycles. The van der Waals surface area contributed by atoms with Gasteiger partial charge in [-0.05, 0) is 44.9 Å². The molecule has 1 atom stereocenters. The monoisotopic (exact) mass is 444 g/mol. The number of fused-ring (bicyclic) bond motifs is 1. The Bertz CT molecular complexity index is 1020. The van der Waals surface area contributed by atoms with Crippen LogP contribution in [0.25, 0.3) is 10.9 Å². The van der Waals surface area contributed by atoms with E-state index in [2.05, 4.69) is 20.9 Å². The zero-order valence-electron chi connectivity index (χ0n) is 15.1. The fourth-order valence-electron chi connectivity index (χ4n) is 2.56. The van der Waals surface area contributed by atoms with E-state index in [0.29, 0.717) is 10.9 Å². The van der Waals surface area contributed by atoms with Gasteiger partial charge in [0, 0.05) is 17.3 Å². The van der Waals surface area contributed by atoms with Gasteiger partial charge in [-0.1, -0.05) is 15.9 Å². The molecule has 1 heterocycles. The maximum Gasteiger partial charge on any atom is 0.327 e. The van der Waals surface area contributed by atoms with Gasteiger partial charge < -0.3 is 4.74 Å². The Hall–Kier alpha value is -1.74. The Morgan fingerprint density at radius 1 is 1.38 bits per heavy atom. The van der Waals surface area contributed by atoms with Crippen LogP contribution >= 0.6 is 15.9 Å². The van der Waals surface area contributed by atoms with E-state index in [4.69, 9.17) is 4.74 Å². The number of halogens is 1. The molecular weight excluding hydrogens is 424 g/mol. The lowest BCUT2D eigenvalue weighted by Gasteiger charge is -2.25. The van der Waals surface area contributed by atoms with E-state index in [9.17, 15) is 18.0 Å². The van der Waals surface area contributed by atoms with E-state index in [1.54, 1.807) is 19.1 Å². The SMILES string of the molecule is CCOC(=O)[C@@](C)(CCn1cnc2c(C)c(Br)ccc2c1=O)S(C)(=O)=O. The third-order valence-corrected chi connectivity index (χ3v) is 7.40. The number of aryl methyl sites for hydroxylation is 2. The van der Waals surface area contributed by atoms with Crippen molar-refractivity contribution in [3.63, 3.8) is 0 Å². The van der Waals surface area contributed by atoms with Crippen molar-refractivity contribution >= 4 is 42.6 Å². The van der Waals surface area contributed by atoms with Crippen molar-refractivity contribution in [2.24, 2.45) is 0 Å². The van der Waals surface area contributed by atoms with Gasteiger partial charge in [-0.15, -0.1) is 0 Å². The zero-order chi connectivity index (χ0) is 19.7. The minimum absolute atomic E-state index is 0.0271. The molecule has 26 heavy (non-hydrogen) atoms. The van der Waals surface area contributed by atoms with Crippen LogP contribution in [-0.4, -0.2) is 41.5 Å². The highest BCUT2D eigenvalue weighted by Gasteiger charge is 2.44. The molecule has 1 aromatic carbocycles. The lowest BCUT2D eigenvalue weighted by molar-refractivity contribution is -0.146. The normalized spacial score (nSPS) is 14.2. The second kappa shape index (κ2) is 7.48. The Labute approximate surface area is 160 Å². The standard InChI is InChI=1S/C17H21BrN2O5S/c1-5-25-16(22)17(3,26(4,23)24)8-9-20-10-19-14-11(2)13(18)7-6-12(14)15(20)21/h6-7,10H,5,8-9H2,1-4H3/t17-/m1/s1. The number of carbonyl (C=O) groups is 1. The van der Waals surface area contributed by atoms with Crippen LogP contribution in [0.4, 0.5) is 0 Å². The molecule has 0 spiro atoms. The van der Waals surface area contributed by atoms with Gasteiger partial charge in [0.1, 0.15) is 0 Å². The summed E-state index contributed by atoms with van der Waals surface area (Å²) in [5, 5.41) is 0.436. The first-order chi connectivity index (χ1) is 12.0. The summed E-state index contributed by atoms with van der Waals surface area (Å²) in [6.45, 7) is 4.89. The van der Waals surface area contributed by atoms with Crippen LogP contribution in [0, 0.1) is 6.92 Å². The van der Waals surface area contributed by atoms with Crippen LogP contribution in [0.5, 0.6) is 0 Å². The third kappa shape index (κ3) is 3.68. The number of sulfone groups is 1. The van der Waals surface area contributed by atoms with Crippen molar-refractivity contribution in [1.82, 2.24) is 9.55 Å². The summed E-state index contributed by atoms with van der Waals surface area (Å²) in [5.74, 6) is -0.816. The molecule has 0 fully saturated rings. The molecule has 7 nitrogen and oxygen atoms in total. The van der Waals surface area contributed by atoms with Gasteiger partial charge in [-0.2, -0.15) is 0 Å². The first-order valence-corrected chi connectivity index (χ1v) is 10.7. The van der Waals surface area contributed by atoms with E-state index in [1.807, 2.05) is 6.92 Å². The molecule has 2 aromatic rings. The summed E-state index contributed by atoms with van der Waals surface area (Å²) in [7, 11) is -3.74. The zero-order valence-corrected chi connectivity index (χ0v) is 17.5. The minimum Gasteiger partial charge on any atom is -0.465 e. The van der Waals surface area contributed by atoms with Crippen molar-refractivity contribution in [2.45, 2.75) is 38.5 Å². The predicted octanol–water partition coefficient (Wildman–Crippen LogP) is 2.22. The molecule has 0 bridgehead atoms. The molecule has 0 amide bonds. The molecule has 0 aliphatic carbocycles. The van der Waals surface area contributed by atoms with Crippen LogP contribution < -0.4 is 5.56 Å². The summed E-state index contributed by atoms with van der Waals surface area (Å²) in [5.41, 5.74) is 1.14. The van der Waals surface area contributed by atoms with Gasteiger partial charge in [0.05, 0.1) is 23.8 Å². The fourth-order valence-corrected chi connectivity index (χ4v) is 3.71. The molecule has 0 N–H and O–H groups in total. The number of rotatable bonds is 6. The van der Waals surface area contributed by atoms with Gasteiger partial charge in [0.2, 0.25) is 0 Å². The van der Waals surface area contributed by atoms with E-state index in [-0.39, 0.29) is 25.1 Å². The van der Waals surface area contributed by atoms with Crippen LogP contribution in [0.3, 0.4) is 0 Å². The van der Waals surface area contributed by atoms with Gasteiger partial charge in [-0.25, -0.2) is 13.4 Å².